The van der Waals surface area contributed by atoms with Gasteiger partial charge in [-0.1, -0.05) is 35.5 Å². The third kappa shape index (κ3) is 1.95. The van der Waals surface area contributed by atoms with Crippen molar-refractivity contribution in [3.8, 4) is 0 Å². The average Bonchev–Trinajstić information content (AvgIpc) is 3.19. The fourth-order valence-corrected chi connectivity index (χ4v) is 3.18. The van der Waals surface area contributed by atoms with Crippen molar-refractivity contribution >= 4 is 0 Å². The van der Waals surface area contributed by atoms with Crippen LogP contribution in [0.5, 0.6) is 0 Å². The number of hydrogen-bond donors (Lipinski definition) is 1. The van der Waals surface area contributed by atoms with Gasteiger partial charge in [0.1, 0.15) is 0 Å². The number of piperidine rings is 1. The largest absolute Gasteiger partial charge is 0.339 e. The van der Waals surface area contributed by atoms with Gasteiger partial charge >= 0.3 is 0 Å². The van der Waals surface area contributed by atoms with E-state index in [9.17, 15) is 0 Å². The number of nitrogens with zero attached hydrogens (tertiary/aromatic N) is 2. The molecule has 2 aromatic rings. The Kier molecular flexibility index (Phi) is 2.84. The first-order valence-corrected chi connectivity index (χ1v) is 7.49. The van der Waals surface area contributed by atoms with E-state index in [0.29, 0.717) is 5.92 Å². The number of benzene rings is 1. The van der Waals surface area contributed by atoms with Gasteiger partial charge in [0.2, 0.25) is 5.89 Å². The van der Waals surface area contributed by atoms with Gasteiger partial charge in [-0.3, -0.25) is 0 Å². The standard InChI is InChI=1S/C16H19N3O/c1-2-6-13(7-3-1)16(8-9-16)15-18-14(20-19-15)12-5-4-10-17-11-12/h1-3,6-7,12,17H,4-5,8-11H2/t12-/m1/s1. The summed E-state index contributed by atoms with van der Waals surface area (Å²) in [5.41, 5.74) is 1.33. The second kappa shape index (κ2) is 4.70. The van der Waals surface area contributed by atoms with Crippen molar-refractivity contribution in [2.24, 2.45) is 0 Å². The first-order chi connectivity index (χ1) is 9.88. The van der Waals surface area contributed by atoms with Crippen molar-refractivity contribution in [1.82, 2.24) is 15.5 Å². The van der Waals surface area contributed by atoms with Gasteiger partial charge in [0.05, 0.1) is 11.3 Å². The molecule has 0 radical (unpaired) electrons. The predicted molar refractivity (Wildman–Crippen MR) is 75.6 cm³/mol. The number of rotatable bonds is 3. The van der Waals surface area contributed by atoms with Crippen LogP contribution in [0.15, 0.2) is 34.9 Å². The fraction of sp³-hybridized carbons (Fsp3) is 0.500. The topological polar surface area (TPSA) is 51.0 Å². The van der Waals surface area contributed by atoms with E-state index in [1.165, 1.54) is 12.0 Å². The average molecular weight is 269 g/mol. The molecule has 0 unspecified atom stereocenters. The SMILES string of the molecule is c1ccc(C2(c3noc([C@@H]4CCCNC4)n3)CC2)cc1. The summed E-state index contributed by atoms with van der Waals surface area (Å²) < 4.78 is 5.55. The summed E-state index contributed by atoms with van der Waals surface area (Å²) in [5.74, 6) is 2.08. The molecule has 20 heavy (non-hydrogen) atoms. The van der Waals surface area contributed by atoms with Crippen molar-refractivity contribution in [1.29, 1.82) is 0 Å². The minimum absolute atomic E-state index is 0.0190. The highest BCUT2D eigenvalue weighted by molar-refractivity contribution is 5.38. The summed E-state index contributed by atoms with van der Waals surface area (Å²) in [5, 5.41) is 7.69. The molecule has 0 bridgehead atoms. The molecule has 104 valence electrons. The molecular formula is C16H19N3O. The molecule has 1 aromatic carbocycles. The molecule has 0 amide bonds. The Morgan fingerprint density at radius 2 is 2.05 bits per heavy atom. The summed E-state index contributed by atoms with van der Waals surface area (Å²) >= 11 is 0. The van der Waals surface area contributed by atoms with Crippen LogP contribution in [0.25, 0.3) is 0 Å². The van der Waals surface area contributed by atoms with Crippen LogP contribution in [0.2, 0.25) is 0 Å². The van der Waals surface area contributed by atoms with Gasteiger partial charge in [0.25, 0.3) is 0 Å². The van der Waals surface area contributed by atoms with E-state index in [1.54, 1.807) is 0 Å². The molecule has 1 aliphatic heterocycles. The lowest BCUT2D eigenvalue weighted by molar-refractivity contribution is 0.319. The van der Waals surface area contributed by atoms with Crippen LogP contribution in [0.1, 0.15) is 48.9 Å². The van der Waals surface area contributed by atoms with Crippen molar-refractivity contribution in [3.05, 3.63) is 47.6 Å². The molecule has 1 atom stereocenters. The van der Waals surface area contributed by atoms with Crippen LogP contribution in [-0.4, -0.2) is 23.2 Å². The van der Waals surface area contributed by atoms with Crippen molar-refractivity contribution < 1.29 is 4.52 Å². The van der Waals surface area contributed by atoms with Gasteiger partial charge < -0.3 is 9.84 Å². The highest BCUT2D eigenvalue weighted by Crippen LogP contribution is 2.52. The van der Waals surface area contributed by atoms with Gasteiger partial charge in [0, 0.05) is 6.54 Å². The van der Waals surface area contributed by atoms with E-state index in [0.717, 1.165) is 44.1 Å². The molecule has 1 saturated carbocycles. The summed E-state index contributed by atoms with van der Waals surface area (Å²) in [6.45, 7) is 2.06. The smallest absolute Gasteiger partial charge is 0.231 e. The predicted octanol–water partition coefficient (Wildman–Crippen LogP) is 2.62. The summed E-state index contributed by atoms with van der Waals surface area (Å²) in [4.78, 5) is 4.73. The first-order valence-electron chi connectivity index (χ1n) is 7.49. The Morgan fingerprint density at radius 3 is 2.75 bits per heavy atom. The van der Waals surface area contributed by atoms with Gasteiger partial charge in [-0.05, 0) is 37.8 Å². The maximum Gasteiger partial charge on any atom is 0.231 e. The van der Waals surface area contributed by atoms with Crippen LogP contribution in [0.3, 0.4) is 0 Å². The molecule has 4 heteroatoms. The highest BCUT2D eigenvalue weighted by atomic mass is 16.5. The molecule has 4 rings (SSSR count). The molecule has 1 N–H and O–H groups in total. The van der Waals surface area contributed by atoms with E-state index < -0.39 is 0 Å². The van der Waals surface area contributed by atoms with E-state index in [1.807, 2.05) is 0 Å². The first kappa shape index (κ1) is 12.1. The zero-order valence-electron chi connectivity index (χ0n) is 11.5. The van der Waals surface area contributed by atoms with E-state index in [2.05, 4.69) is 40.8 Å². The highest BCUT2D eigenvalue weighted by Gasteiger charge is 2.50. The van der Waals surface area contributed by atoms with Crippen LogP contribution in [-0.2, 0) is 5.41 Å². The Bertz CT molecular complexity index is 583. The summed E-state index contributed by atoms with van der Waals surface area (Å²) in [6.07, 6.45) is 4.58. The molecule has 4 nitrogen and oxygen atoms in total. The minimum Gasteiger partial charge on any atom is -0.339 e. The molecule has 2 heterocycles. The lowest BCUT2D eigenvalue weighted by Crippen LogP contribution is -2.28. The van der Waals surface area contributed by atoms with E-state index in [-0.39, 0.29) is 5.41 Å². The Balaban J connectivity index is 1.62. The molecule has 2 aliphatic rings. The third-order valence-corrected chi connectivity index (χ3v) is 4.59. The lowest BCUT2D eigenvalue weighted by Gasteiger charge is -2.18. The molecule has 1 aliphatic carbocycles. The maximum atomic E-state index is 5.55. The van der Waals surface area contributed by atoms with Crippen LogP contribution < -0.4 is 5.32 Å². The molecular weight excluding hydrogens is 250 g/mol. The quantitative estimate of drug-likeness (QED) is 0.930. The van der Waals surface area contributed by atoms with Crippen molar-refractivity contribution in [3.63, 3.8) is 0 Å². The Labute approximate surface area is 118 Å². The molecule has 1 aromatic heterocycles. The zero-order valence-corrected chi connectivity index (χ0v) is 11.5. The van der Waals surface area contributed by atoms with Gasteiger partial charge in [-0.25, -0.2) is 0 Å². The third-order valence-electron chi connectivity index (χ3n) is 4.59. The molecule has 0 spiro atoms. The van der Waals surface area contributed by atoms with Crippen molar-refractivity contribution in [2.45, 2.75) is 37.0 Å². The van der Waals surface area contributed by atoms with E-state index >= 15 is 0 Å². The van der Waals surface area contributed by atoms with Crippen LogP contribution in [0, 0.1) is 0 Å². The van der Waals surface area contributed by atoms with E-state index in [4.69, 9.17) is 9.51 Å². The van der Waals surface area contributed by atoms with Crippen LogP contribution in [0.4, 0.5) is 0 Å². The summed E-state index contributed by atoms with van der Waals surface area (Å²) in [6, 6.07) is 10.6. The Hall–Kier alpha value is -1.68. The normalized spacial score (nSPS) is 24.5. The zero-order chi connectivity index (χ0) is 13.4. The number of nitrogens with one attached hydrogen (secondary N) is 1. The van der Waals surface area contributed by atoms with Gasteiger partial charge in [-0.15, -0.1) is 0 Å². The maximum absolute atomic E-state index is 5.55. The van der Waals surface area contributed by atoms with Crippen molar-refractivity contribution in [2.75, 3.05) is 13.1 Å². The second-order valence-corrected chi connectivity index (χ2v) is 5.95. The fourth-order valence-electron chi connectivity index (χ4n) is 3.18. The minimum atomic E-state index is 0.0190. The van der Waals surface area contributed by atoms with Gasteiger partial charge in [0.15, 0.2) is 5.82 Å². The Morgan fingerprint density at radius 1 is 1.20 bits per heavy atom. The second-order valence-electron chi connectivity index (χ2n) is 5.95. The molecule has 1 saturated heterocycles. The number of aromatic nitrogens is 2. The summed E-state index contributed by atoms with van der Waals surface area (Å²) in [7, 11) is 0. The lowest BCUT2D eigenvalue weighted by atomic mass is 9.95. The van der Waals surface area contributed by atoms with Crippen LogP contribution >= 0.6 is 0 Å². The molecule has 2 fully saturated rings. The number of hydrogen-bond acceptors (Lipinski definition) is 4. The van der Waals surface area contributed by atoms with Gasteiger partial charge in [-0.2, -0.15) is 4.98 Å². The monoisotopic (exact) mass is 269 g/mol.